The molecule has 138 valence electrons. The van der Waals surface area contributed by atoms with Gasteiger partial charge in [-0.05, 0) is 56.2 Å². The van der Waals surface area contributed by atoms with Crippen molar-refractivity contribution in [2.45, 2.75) is 32.6 Å². The third-order valence-corrected chi connectivity index (χ3v) is 5.35. The Balaban J connectivity index is 1.45. The first-order chi connectivity index (χ1) is 13.2. The number of fused-ring (bicyclic) bond motifs is 1. The first-order valence-electron chi connectivity index (χ1n) is 9.62. The Morgan fingerprint density at radius 3 is 2.85 bits per heavy atom. The lowest BCUT2D eigenvalue weighted by molar-refractivity contribution is 0.0753. The average Bonchev–Trinajstić information content (AvgIpc) is 2.93. The highest BCUT2D eigenvalue weighted by Crippen LogP contribution is 2.26. The van der Waals surface area contributed by atoms with Crippen molar-refractivity contribution in [3.05, 3.63) is 65.9 Å². The molecule has 3 aromatic rings. The third-order valence-electron chi connectivity index (χ3n) is 5.35. The van der Waals surface area contributed by atoms with Gasteiger partial charge in [-0.3, -0.25) is 9.78 Å². The fourth-order valence-corrected chi connectivity index (χ4v) is 3.95. The van der Waals surface area contributed by atoms with Gasteiger partial charge in [0.2, 0.25) is 0 Å². The van der Waals surface area contributed by atoms with Crippen molar-refractivity contribution >= 4 is 16.8 Å². The van der Waals surface area contributed by atoms with Crippen LogP contribution in [-0.2, 0) is 6.42 Å². The Hall–Kier alpha value is -2.82. The van der Waals surface area contributed by atoms with Crippen LogP contribution >= 0.6 is 0 Å². The molecular formula is C22H24N4O. The van der Waals surface area contributed by atoms with Gasteiger partial charge < -0.3 is 4.90 Å². The maximum absolute atomic E-state index is 12.8. The van der Waals surface area contributed by atoms with Gasteiger partial charge in [-0.15, -0.1) is 0 Å². The largest absolute Gasteiger partial charge is 0.337 e. The number of pyridine rings is 1. The van der Waals surface area contributed by atoms with Crippen molar-refractivity contribution in [3.63, 3.8) is 0 Å². The summed E-state index contributed by atoms with van der Waals surface area (Å²) in [5.74, 6) is 1.23. The molecule has 0 aliphatic carbocycles. The quantitative estimate of drug-likeness (QED) is 0.712. The summed E-state index contributed by atoms with van der Waals surface area (Å²) in [6, 6.07) is 12.2. The van der Waals surface area contributed by atoms with E-state index in [9.17, 15) is 4.79 Å². The molecule has 0 radical (unpaired) electrons. The van der Waals surface area contributed by atoms with Crippen molar-refractivity contribution in [2.24, 2.45) is 5.92 Å². The fraction of sp³-hybridized carbons (Fsp3) is 0.364. The van der Waals surface area contributed by atoms with E-state index in [1.807, 2.05) is 24.1 Å². The van der Waals surface area contributed by atoms with E-state index in [1.54, 1.807) is 12.3 Å². The smallest absolute Gasteiger partial charge is 0.272 e. The van der Waals surface area contributed by atoms with E-state index in [0.717, 1.165) is 44.3 Å². The first kappa shape index (κ1) is 17.6. The van der Waals surface area contributed by atoms with E-state index < -0.39 is 0 Å². The molecule has 5 heteroatoms. The molecule has 1 aliphatic rings. The number of carbonyl (C=O) groups excluding carboxylic acids is 1. The number of rotatable bonds is 3. The summed E-state index contributed by atoms with van der Waals surface area (Å²) in [6.07, 6.45) is 7.71. The molecule has 0 N–H and O–H groups in total. The predicted octanol–water partition coefficient (Wildman–Crippen LogP) is 3.82. The number of para-hydroxylation sites is 1. The van der Waals surface area contributed by atoms with E-state index in [1.165, 1.54) is 10.9 Å². The standard InChI is InChI=1S/C22H24N4O/c1-16-23-12-9-20(25-16)22(27)26-13-4-5-17(10-14-26)15-19-7-2-6-18-8-3-11-24-21(18)19/h2-3,6-9,11-12,17H,4-5,10,13-15H2,1H3/t17-/m1/s1. The Bertz CT molecular complexity index is 950. The molecule has 3 heterocycles. The van der Waals surface area contributed by atoms with Crippen molar-refractivity contribution < 1.29 is 4.79 Å². The fourth-order valence-electron chi connectivity index (χ4n) is 3.95. The van der Waals surface area contributed by atoms with Gasteiger partial charge in [0.05, 0.1) is 5.52 Å². The topological polar surface area (TPSA) is 59.0 Å². The molecule has 0 bridgehead atoms. The van der Waals surface area contributed by atoms with Crippen LogP contribution in [0.3, 0.4) is 0 Å². The van der Waals surface area contributed by atoms with E-state index in [2.05, 4.69) is 39.2 Å². The minimum Gasteiger partial charge on any atom is -0.337 e. The molecule has 1 atom stereocenters. The van der Waals surface area contributed by atoms with Crippen LogP contribution in [0.25, 0.3) is 10.9 Å². The van der Waals surface area contributed by atoms with Crippen molar-refractivity contribution in [2.75, 3.05) is 13.1 Å². The molecule has 1 aliphatic heterocycles. The van der Waals surface area contributed by atoms with Crippen LogP contribution in [0.4, 0.5) is 0 Å². The highest BCUT2D eigenvalue weighted by atomic mass is 16.2. The van der Waals surface area contributed by atoms with Crippen molar-refractivity contribution in [1.82, 2.24) is 19.9 Å². The van der Waals surface area contributed by atoms with Crippen LogP contribution in [0.1, 0.15) is 41.1 Å². The Kier molecular flexibility index (Phi) is 5.10. The second-order valence-corrected chi connectivity index (χ2v) is 7.27. The van der Waals surface area contributed by atoms with E-state index in [-0.39, 0.29) is 5.91 Å². The molecule has 4 rings (SSSR count). The number of carbonyl (C=O) groups is 1. The lowest BCUT2D eigenvalue weighted by atomic mass is 9.91. The van der Waals surface area contributed by atoms with Gasteiger partial charge in [0.1, 0.15) is 11.5 Å². The van der Waals surface area contributed by atoms with Gasteiger partial charge in [-0.2, -0.15) is 0 Å². The maximum atomic E-state index is 12.8. The number of benzene rings is 1. The summed E-state index contributed by atoms with van der Waals surface area (Å²) in [7, 11) is 0. The number of likely N-dealkylation sites (tertiary alicyclic amines) is 1. The lowest BCUT2D eigenvalue weighted by Crippen LogP contribution is -2.32. The second kappa shape index (κ2) is 7.82. The van der Waals surface area contributed by atoms with Crippen molar-refractivity contribution in [3.8, 4) is 0 Å². The zero-order valence-electron chi connectivity index (χ0n) is 15.6. The van der Waals surface area contributed by atoms with Crippen LogP contribution in [0.5, 0.6) is 0 Å². The molecule has 1 saturated heterocycles. The highest BCUT2D eigenvalue weighted by Gasteiger charge is 2.23. The Labute approximate surface area is 159 Å². The summed E-state index contributed by atoms with van der Waals surface area (Å²) >= 11 is 0. The van der Waals surface area contributed by atoms with Gasteiger partial charge in [-0.25, -0.2) is 9.97 Å². The summed E-state index contributed by atoms with van der Waals surface area (Å²) in [6.45, 7) is 3.39. The minimum absolute atomic E-state index is 0.0213. The summed E-state index contributed by atoms with van der Waals surface area (Å²) in [5.41, 5.74) is 2.91. The number of aromatic nitrogens is 3. The Morgan fingerprint density at radius 2 is 1.96 bits per heavy atom. The molecule has 0 unspecified atom stereocenters. The van der Waals surface area contributed by atoms with Crippen LogP contribution in [0.2, 0.25) is 0 Å². The summed E-state index contributed by atoms with van der Waals surface area (Å²) in [5, 5.41) is 1.19. The predicted molar refractivity (Wildman–Crippen MR) is 105 cm³/mol. The molecule has 1 fully saturated rings. The number of hydrogen-bond donors (Lipinski definition) is 0. The normalized spacial score (nSPS) is 17.7. The van der Waals surface area contributed by atoms with Crippen molar-refractivity contribution in [1.29, 1.82) is 0 Å². The van der Waals surface area contributed by atoms with E-state index in [0.29, 0.717) is 17.4 Å². The summed E-state index contributed by atoms with van der Waals surface area (Å²) in [4.78, 5) is 27.7. The zero-order chi connectivity index (χ0) is 18.6. The maximum Gasteiger partial charge on any atom is 0.272 e. The average molecular weight is 360 g/mol. The van der Waals surface area contributed by atoms with Crippen LogP contribution < -0.4 is 0 Å². The van der Waals surface area contributed by atoms with Gasteiger partial charge in [0, 0.05) is 30.9 Å². The van der Waals surface area contributed by atoms with Gasteiger partial charge >= 0.3 is 0 Å². The lowest BCUT2D eigenvalue weighted by Gasteiger charge is -2.20. The number of hydrogen-bond acceptors (Lipinski definition) is 4. The molecule has 2 aromatic heterocycles. The molecule has 0 saturated carbocycles. The molecule has 5 nitrogen and oxygen atoms in total. The van der Waals surface area contributed by atoms with Gasteiger partial charge in [-0.1, -0.05) is 24.3 Å². The molecule has 1 amide bonds. The highest BCUT2D eigenvalue weighted by molar-refractivity contribution is 5.92. The molecule has 1 aromatic carbocycles. The molecular weight excluding hydrogens is 336 g/mol. The van der Waals surface area contributed by atoms with E-state index in [4.69, 9.17) is 0 Å². The molecule has 0 spiro atoms. The van der Waals surface area contributed by atoms with Gasteiger partial charge in [0.25, 0.3) is 5.91 Å². The minimum atomic E-state index is 0.0213. The summed E-state index contributed by atoms with van der Waals surface area (Å²) < 4.78 is 0. The van der Waals surface area contributed by atoms with Crippen LogP contribution in [0, 0.1) is 12.8 Å². The number of amides is 1. The second-order valence-electron chi connectivity index (χ2n) is 7.27. The van der Waals surface area contributed by atoms with Crippen LogP contribution in [0.15, 0.2) is 48.8 Å². The third kappa shape index (κ3) is 3.97. The Morgan fingerprint density at radius 1 is 1.07 bits per heavy atom. The van der Waals surface area contributed by atoms with Crippen LogP contribution in [-0.4, -0.2) is 38.8 Å². The molecule has 27 heavy (non-hydrogen) atoms. The number of nitrogens with zero attached hydrogens (tertiary/aromatic N) is 4. The SMILES string of the molecule is Cc1nccc(C(=O)N2CCC[C@@H](Cc3cccc4cccnc34)CC2)n1. The number of aryl methyl sites for hydroxylation is 1. The first-order valence-corrected chi connectivity index (χ1v) is 9.62. The monoisotopic (exact) mass is 360 g/mol. The van der Waals surface area contributed by atoms with E-state index >= 15 is 0 Å². The van der Waals surface area contributed by atoms with Gasteiger partial charge in [0.15, 0.2) is 0 Å². The zero-order valence-corrected chi connectivity index (χ0v) is 15.6.